The number of rotatable bonds is 6. The zero-order valence-corrected chi connectivity index (χ0v) is 16.1. The van der Waals surface area contributed by atoms with Crippen LogP contribution >= 0.6 is 11.3 Å². The number of urea groups is 1. The van der Waals surface area contributed by atoms with Gasteiger partial charge >= 0.3 is 18.2 Å². The first-order chi connectivity index (χ1) is 13.8. The highest BCUT2D eigenvalue weighted by molar-refractivity contribution is 7.10. The SMILES string of the molecule is CCOC(=O)C1=C(CNc2cccc(C(F)(F)F)c2)NC(=O)N[C@@H]1c1cccs1. The number of halogens is 3. The molecule has 1 aliphatic heterocycles. The second kappa shape index (κ2) is 8.56. The molecule has 0 aliphatic carbocycles. The summed E-state index contributed by atoms with van der Waals surface area (Å²) in [4.78, 5) is 25.4. The fourth-order valence-corrected chi connectivity index (χ4v) is 3.66. The third-order valence-corrected chi connectivity index (χ3v) is 5.07. The zero-order chi connectivity index (χ0) is 21.0. The number of carbonyl (C=O) groups is 2. The predicted molar refractivity (Wildman–Crippen MR) is 102 cm³/mol. The molecule has 2 heterocycles. The topological polar surface area (TPSA) is 79.5 Å². The van der Waals surface area contributed by atoms with Crippen LogP contribution in [0.1, 0.15) is 23.4 Å². The number of thiophene rings is 1. The number of alkyl halides is 3. The second-order valence-corrected chi connectivity index (χ2v) is 7.07. The highest BCUT2D eigenvalue weighted by atomic mass is 32.1. The van der Waals surface area contributed by atoms with E-state index in [-0.39, 0.29) is 30.1 Å². The van der Waals surface area contributed by atoms with Crippen LogP contribution in [0.15, 0.2) is 53.0 Å². The summed E-state index contributed by atoms with van der Waals surface area (Å²) in [5.74, 6) is -0.612. The van der Waals surface area contributed by atoms with Crippen molar-refractivity contribution in [1.82, 2.24) is 10.6 Å². The minimum absolute atomic E-state index is 0.0647. The molecule has 1 aromatic heterocycles. The Labute approximate surface area is 168 Å². The van der Waals surface area contributed by atoms with Crippen molar-refractivity contribution in [2.75, 3.05) is 18.5 Å². The van der Waals surface area contributed by atoms with Crippen molar-refractivity contribution >= 4 is 29.0 Å². The summed E-state index contributed by atoms with van der Waals surface area (Å²) in [6.07, 6.45) is -4.47. The molecule has 10 heteroatoms. The van der Waals surface area contributed by atoms with Crippen molar-refractivity contribution in [3.05, 3.63) is 63.5 Å². The van der Waals surface area contributed by atoms with E-state index in [4.69, 9.17) is 4.74 Å². The molecule has 0 saturated carbocycles. The van der Waals surface area contributed by atoms with Crippen LogP contribution in [0.5, 0.6) is 0 Å². The lowest BCUT2D eigenvalue weighted by atomic mass is 10.0. The van der Waals surface area contributed by atoms with Gasteiger partial charge in [0.05, 0.1) is 36.0 Å². The van der Waals surface area contributed by atoms with Crippen molar-refractivity contribution in [3.63, 3.8) is 0 Å². The van der Waals surface area contributed by atoms with Crippen LogP contribution in [-0.2, 0) is 15.7 Å². The summed E-state index contributed by atoms with van der Waals surface area (Å²) in [5.41, 5.74) is -0.153. The molecule has 2 aromatic rings. The molecule has 0 bridgehead atoms. The molecule has 2 amide bonds. The number of benzene rings is 1. The van der Waals surface area contributed by atoms with Gasteiger partial charge in [-0.1, -0.05) is 12.1 Å². The van der Waals surface area contributed by atoms with E-state index in [1.807, 2.05) is 5.38 Å². The van der Waals surface area contributed by atoms with E-state index in [9.17, 15) is 22.8 Å². The van der Waals surface area contributed by atoms with Gasteiger partial charge in [-0.05, 0) is 36.6 Å². The van der Waals surface area contributed by atoms with E-state index < -0.39 is 29.8 Å². The monoisotopic (exact) mass is 425 g/mol. The van der Waals surface area contributed by atoms with Crippen LogP contribution in [0.4, 0.5) is 23.7 Å². The standard InChI is InChI=1S/C19H18F3N3O3S/c1-2-28-17(26)15-13(24-18(27)25-16(15)14-7-4-8-29-14)10-23-12-6-3-5-11(9-12)19(20,21)22/h3-9,16,23H,2,10H2,1H3,(H2,24,25,27)/t16-/m1/s1. The Morgan fingerprint density at radius 1 is 1.28 bits per heavy atom. The minimum atomic E-state index is -4.47. The van der Waals surface area contributed by atoms with Gasteiger partial charge in [0.15, 0.2) is 0 Å². The van der Waals surface area contributed by atoms with Gasteiger partial charge in [0.1, 0.15) is 0 Å². The van der Waals surface area contributed by atoms with E-state index >= 15 is 0 Å². The van der Waals surface area contributed by atoms with Crippen LogP contribution in [-0.4, -0.2) is 25.2 Å². The molecule has 3 rings (SSSR count). The molecule has 3 N–H and O–H groups in total. The quantitative estimate of drug-likeness (QED) is 0.610. The summed E-state index contributed by atoms with van der Waals surface area (Å²) in [7, 11) is 0. The number of carbonyl (C=O) groups excluding carboxylic acids is 2. The van der Waals surface area contributed by atoms with Gasteiger partial charge in [-0.3, -0.25) is 0 Å². The molecule has 0 saturated heterocycles. The number of esters is 1. The molecule has 0 spiro atoms. The Kier molecular flexibility index (Phi) is 6.12. The van der Waals surface area contributed by atoms with E-state index in [2.05, 4.69) is 16.0 Å². The van der Waals surface area contributed by atoms with Crippen LogP contribution in [0.3, 0.4) is 0 Å². The summed E-state index contributed by atoms with van der Waals surface area (Å²) < 4.78 is 43.9. The van der Waals surface area contributed by atoms with Gasteiger partial charge in [0.25, 0.3) is 0 Å². The van der Waals surface area contributed by atoms with Crippen molar-refractivity contribution in [1.29, 1.82) is 0 Å². The Morgan fingerprint density at radius 2 is 2.07 bits per heavy atom. The maximum atomic E-state index is 12.9. The Bertz CT molecular complexity index is 926. The average molecular weight is 425 g/mol. The van der Waals surface area contributed by atoms with Crippen LogP contribution in [0.2, 0.25) is 0 Å². The first kappa shape index (κ1) is 20.7. The Balaban J connectivity index is 1.91. The molecule has 154 valence electrons. The van der Waals surface area contributed by atoms with Gasteiger partial charge in [-0.2, -0.15) is 13.2 Å². The lowest BCUT2D eigenvalue weighted by molar-refractivity contribution is -0.139. The predicted octanol–water partition coefficient (Wildman–Crippen LogP) is 4.05. The number of ether oxygens (including phenoxy) is 1. The highest BCUT2D eigenvalue weighted by Gasteiger charge is 2.34. The van der Waals surface area contributed by atoms with Gasteiger partial charge in [0, 0.05) is 10.6 Å². The van der Waals surface area contributed by atoms with E-state index in [0.717, 1.165) is 17.0 Å². The molecule has 29 heavy (non-hydrogen) atoms. The highest BCUT2D eigenvalue weighted by Crippen LogP contribution is 2.32. The molecular weight excluding hydrogens is 407 g/mol. The lowest BCUT2D eigenvalue weighted by Crippen LogP contribution is -2.47. The Hall–Kier alpha value is -3.01. The number of hydrogen-bond donors (Lipinski definition) is 3. The molecule has 0 unspecified atom stereocenters. The number of amides is 2. The molecule has 1 aliphatic rings. The molecule has 0 radical (unpaired) electrons. The third kappa shape index (κ3) is 4.89. The molecule has 1 atom stereocenters. The van der Waals surface area contributed by atoms with Gasteiger partial charge in [-0.25, -0.2) is 9.59 Å². The average Bonchev–Trinajstić information content (AvgIpc) is 3.20. The number of anilines is 1. The first-order valence-corrected chi connectivity index (χ1v) is 9.59. The van der Waals surface area contributed by atoms with Gasteiger partial charge < -0.3 is 20.7 Å². The van der Waals surface area contributed by atoms with Crippen molar-refractivity contribution < 1.29 is 27.5 Å². The number of hydrogen-bond acceptors (Lipinski definition) is 5. The normalized spacial score (nSPS) is 16.8. The van der Waals surface area contributed by atoms with Gasteiger partial charge in [0.2, 0.25) is 0 Å². The first-order valence-electron chi connectivity index (χ1n) is 8.71. The summed E-state index contributed by atoms with van der Waals surface area (Å²) in [6, 6.07) is 7.02. The van der Waals surface area contributed by atoms with Gasteiger partial charge in [-0.15, -0.1) is 11.3 Å². The minimum Gasteiger partial charge on any atom is -0.463 e. The molecule has 6 nitrogen and oxygen atoms in total. The summed E-state index contributed by atoms with van der Waals surface area (Å²) in [6.45, 7) is 1.74. The Morgan fingerprint density at radius 3 is 2.72 bits per heavy atom. The van der Waals surface area contributed by atoms with Crippen molar-refractivity contribution in [3.8, 4) is 0 Å². The zero-order valence-electron chi connectivity index (χ0n) is 15.3. The van der Waals surface area contributed by atoms with E-state index in [0.29, 0.717) is 0 Å². The third-order valence-electron chi connectivity index (χ3n) is 4.14. The fourth-order valence-electron chi connectivity index (χ4n) is 2.87. The lowest BCUT2D eigenvalue weighted by Gasteiger charge is -2.28. The van der Waals surface area contributed by atoms with Crippen LogP contribution in [0.25, 0.3) is 0 Å². The number of nitrogens with one attached hydrogen (secondary N) is 3. The van der Waals surface area contributed by atoms with Crippen molar-refractivity contribution in [2.45, 2.75) is 19.1 Å². The largest absolute Gasteiger partial charge is 0.463 e. The summed E-state index contributed by atoms with van der Waals surface area (Å²) >= 11 is 1.36. The van der Waals surface area contributed by atoms with E-state index in [1.165, 1.54) is 23.5 Å². The van der Waals surface area contributed by atoms with Crippen molar-refractivity contribution in [2.24, 2.45) is 0 Å². The maximum Gasteiger partial charge on any atom is 0.416 e. The van der Waals surface area contributed by atoms with Crippen LogP contribution in [0, 0.1) is 0 Å². The molecule has 0 fully saturated rings. The smallest absolute Gasteiger partial charge is 0.416 e. The molecule has 1 aromatic carbocycles. The molecular formula is C19H18F3N3O3S. The van der Waals surface area contributed by atoms with Crippen LogP contribution < -0.4 is 16.0 Å². The summed E-state index contributed by atoms with van der Waals surface area (Å²) in [5, 5.41) is 9.90. The fraction of sp³-hybridized carbons (Fsp3) is 0.263. The second-order valence-electron chi connectivity index (χ2n) is 6.09. The maximum absolute atomic E-state index is 12.9. The van der Waals surface area contributed by atoms with E-state index in [1.54, 1.807) is 19.1 Å².